The molecule has 0 N–H and O–H groups in total. The molecule has 0 unspecified atom stereocenters. The number of hydrogen-bond donors (Lipinski definition) is 0. The maximum atomic E-state index is 12.2. The first-order valence-corrected chi connectivity index (χ1v) is 14.8. The molecule has 0 saturated heterocycles. The summed E-state index contributed by atoms with van der Waals surface area (Å²) in [5.74, 6) is -0.327. The maximum Gasteiger partial charge on any atom is 0.338 e. The molecule has 0 spiro atoms. The van der Waals surface area contributed by atoms with Crippen LogP contribution in [0.3, 0.4) is 0 Å². The summed E-state index contributed by atoms with van der Waals surface area (Å²) >= 11 is 0. The largest absolute Gasteiger partial charge is 0.462 e. The van der Waals surface area contributed by atoms with Crippen molar-refractivity contribution in [2.75, 3.05) is 6.61 Å². The van der Waals surface area contributed by atoms with Gasteiger partial charge in [-0.2, -0.15) is 0 Å². The molecular formula is C27H40O3Si. The van der Waals surface area contributed by atoms with Gasteiger partial charge in [-0.05, 0) is 74.7 Å². The van der Waals surface area contributed by atoms with Crippen LogP contribution in [-0.2, 0) is 26.0 Å². The molecule has 1 saturated carbocycles. The van der Waals surface area contributed by atoms with Gasteiger partial charge in [0.25, 0.3) is 0 Å². The zero-order valence-electron chi connectivity index (χ0n) is 20.6. The summed E-state index contributed by atoms with van der Waals surface area (Å²) in [4.78, 5) is 12.2. The molecule has 1 aromatic rings. The third-order valence-corrected chi connectivity index (χ3v) is 12.3. The monoisotopic (exact) mass is 440 g/mol. The number of ether oxygens (including phenoxy) is 1. The predicted octanol–water partition coefficient (Wildman–Crippen LogP) is 7.07. The van der Waals surface area contributed by atoms with Crippen LogP contribution in [0.15, 0.2) is 41.6 Å². The van der Waals surface area contributed by atoms with Gasteiger partial charge in [-0.25, -0.2) is 4.79 Å². The number of hydrogen-bond acceptors (Lipinski definition) is 3. The van der Waals surface area contributed by atoms with Crippen molar-refractivity contribution in [1.82, 2.24) is 0 Å². The number of benzene rings is 1. The summed E-state index contributed by atoms with van der Waals surface area (Å²) in [7, 11) is -2.15. The molecule has 170 valence electrons. The van der Waals surface area contributed by atoms with Crippen LogP contribution < -0.4 is 0 Å². The van der Waals surface area contributed by atoms with Crippen molar-refractivity contribution >= 4 is 14.3 Å². The summed E-state index contributed by atoms with van der Waals surface area (Å²) in [6.45, 7) is 16.2. The normalized spacial score (nSPS) is 26.2. The van der Waals surface area contributed by atoms with E-state index in [9.17, 15) is 4.79 Å². The lowest BCUT2D eigenvalue weighted by Gasteiger charge is -2.57. The van der Waals surface area contributed by atoms with Crippen molar-refractivity contribution in [2.24, 2.45) is 5.41 Å². The highest BCUT2D eigenvalue weighted by molar-refractivity contribution is 6.74. The number of aryl methyl sites for hydroxylation is 1. The van der Waals surface area contributed by atoms with E-state index in [4.69, 9.17) is 9.16 Å². The summed E-state index contributed by atoms with van der Waals surface area (Å²) in [5, 5.41) is 0.0807. The van der Waals surface area contributed by atoms with E-state index in [0.29, 0.717) is 6.61 Å². The van der Waals surface area contributed by atoms with Gasteiger partial charge in [-0.1, -0.05) is 52.0 Å². The Morgan fingerprint density at radius 2 is 1.81 bits per heavy atom. The van der Waals surface area contributed by atoms with Gasteiger partial charge in [-0.15, -0.1) is 5.73 Å². The number of carbonyl (C=O) groups is 1. The lowest BCUT2D eigenvalue weighted by atomic mass is 9.58. The molecule has 0 bridgehead atoms. The zero-order valence-corrected chi connectivity index (χ0v) is 21.6. The second-order valence-corrected chi connectivity index (χ2v) is 15.7. The smallest absolute Gasteiger partial charge is 0.338 e. The lowest BCUT2D eigenvalue weighted by molar-refractivity contribution is -0.137. The standard InChI is InChI=1S/C27H40O3Si/c1-8-29-24(28)18-17-22-15-12-20-26(5)19-11-14-21-13-9-10-16-23(21)27(22,26)30-31(6,7)25(2,3)4/h9-10,13,16,18H,8,11-12,14-15,19-20H2,1-7H3/t17?,26-,27+/m0/s1. The van der Waals surface area contributed by atoms with Gasteiger partial charge in [0.05, 0.1) is 12.7 Å². The summed E-state index contributed by atoms with van der Waals surface area (Å²) in [6, 6.07) is 8.81. The van der Waals surface area contributed by atoms with Crippen molar-refractivity contribution in [1.29, 1.82) is 0 Å². The number of esters is 1. The molecule has 2 atom stereocenters. The Hall–Kier alpha value is -1.61. The minimum atomic E-state index is -2.15. The van der Waals surface area contributed by atoms with Gasteiger partial charge in [0, 0.05) is 11.0 Å². The van der Waals surface area contributed by atoms with E-state index in [1.54, 1.807) is 0 Å². The molecule has 0 radical (unpaired) electrons. The minimum absolute atomic E-state index is 0.0296. The highest BCUT2D eigenvalue weighted by Gasteiger charge is 2.59. The van der Waals surface area contributed by atoms with Crippen molar-refractivity contribution in [2.45, 2.75) is 96.9 Å². The molecule has 31 heavy (non-hydrogen) atoms. The molecule has 4 heteroatoms. The van der Waals surface area contributed by atoms with Crippen LogP contribution in [-0.4, -0.2) is 20.9 Å². The number of carbonyl (C=O) groups excluding carboxylic acids is 1. The SMILES string of the molecule is CCOC(=O)C=C=C1CCC[C@]2(C)CCCc3ccccc3[C@]12O[Si](C)(C)C(C)(C)C. The van der Waals surface area contributed by atoms with Crippen molar-refractivity contribution in [3.63, 3.8) is 0 Å². The van der Waals surface area contributed by atoms with Crippen LogP contribution >= 0.6 is 0 Å². The molecule has 3 nitrogen and oxygen atoms in total. The van der Waals surface area contributed by atoms with Crippen LogP contribution in [0.25, 0.3) is 0 Å². The Balaban J connectivity index is 2.33. The molecule has 2 aliphatic rings. The molecule has 0 aromatic heterocycles. The fraction of sp³-hybridized carbons (Fsp3) is 0.630. The fourth-order valence-electron chi connectivity index (χ4n) is 5.19. The van der Waals surface area contributed by atoms with Gasteiger partial charge in [0.1, 0.15) is 5.60 Å². The predicted molar refractivity (Wildman–Crippen MR) is 130 cm³/mol. The van der Waals surface area contributed by atoms with Crippen molar-refractivity contribution < 1.29 is 14.0 Å². The number of fused-ring (bicyclic) bond motifs is 3. The van der Waals surface area contributed by atoms with E-state index < -0.39 is 13.9 Å². The second kappa shape index (κ2) is 8.73. The Kier molecular flexibility index (Phi) is 6.77. The first kappa shape index (κ1) is 24.0. The Labute approximate surface area is 190 Å². The van der Waals surface area contributed by atoms with Gasteiger partial charge >= 0.3 is 5.97 Å². The van der Waals surface area contributed by atoms with E-state index in [0.717, 1.165) is 44.1 Å². The average Bonchev–Trinajstić information content (AvgIpc) is 2.80. The van der Waals surface area contributed by atoms with Crippen molar-refractivity contribution in [3.05, 3.63) is 52.8 Å². The molecule has 2 aliphatic carbocycles. The zero-order chi connectivity index (χ0) is 22.9. The van der Waals surface area contributed by atoms with Gasteiger partial charge in [0.2, 0.25) is 0 Å². The minimum Gasteiger partial charge on any atom is -0.462 e. The molecule has 1 fully saturated rings. The second-order valence-electron chi connectivity index (χ2n) is 11.0. The number of rotatable bonds is 4. The van der Waals surface area contributed by atoms with Crippen LogP contribution in [0.5, 0.6) is 0 Å². The highest BCUT2D eigenvalue weighted by atomic mass is 28.4. The summed E-state index contributed by atoms with van der Waals surface area (Å²) < 4.78 is 12.7. The van der Waals surface area contributed by atoms with Crippen LogP contribution in [0.1, 0.15) is 77.8 Å². The molecule has 0 amide bonds. The van der Waals surface area contributed by atoms with Crippen LogP contribution in [0.2, 0.25) is 18.1 Å². The highest BCUT2D eigenvalue weighted by Crippen LogP contribution is 2.62. The van der Waals surface area contributed by atoms with E-state index in [-0.39, 0.29) is 16.4 Å². The fourth-order valence-corrected chi connectivity index (χ4v) is 6.74. The van der Waals surface area contributed by atoms with E-state index >= 15 is 0 Å². The van der Waals surface area contributed by atoms with E-state index in [1.807, 2.05) is 6.92 Å². The maximum absolute atomic E-state index is 12.2. The van der Waals surface area contributed by atoms with Crippen LogP contribution in [0, 0.1) is 5.41 Å². The summed E-state index contributed by atoms with van der Waals surface area (Å²) in [6.07, 6.45) is 7.96. The molecular weight excluding hydrogens is 400 g/mol. The third-order valence-electron chi connectivity index (χ3n) is 7.87. The Morgan fingerprint density at radius 3 is 2.45 bits per heavy atom. The topological polar surface area (TPSA) is 35.5 Å². The molecule has 0 heterocycles. The van der Waals surface area contributed by atoms with E-state index in [2.05, 4.69) is 70.8 Å². The third kappa shape index (κ3) is 4.35. The molecule has 0 aliphatic heterocycles. The van der Waals surface area contributed by atoms with Gasteiger partial charge < -0.3 is 9.16 Å². The van der Waals surface area contributed by atoms with Gasteiger partial charge in [0.15, 0.2) is 8.32 Å². The quantitative estimate of drug-likeness (QED) is 0.217. The van der Waals surface area contributed by atoms with Gasteiger partial charge in [-0.3, -0.25) is 0 Å². The van der Waals surface area contributed by atoms with E-state index in [1.165, 1.54) is 17.2 Å². The van der Waals surface area contributed by atoms with Crippen molar-refractivity contribution in [3.8, 4) is 0 Å². The Bertz CT molecular complexity index is 888. The molecule has 1 aromatic carbocycles. The Morgan fingerprint density at radius 1 is 1.16 bits per heavy atom. The first-order chi connectivity index (χ1) is 14.5. The summed E-state index contributed by atoms with van der Waals surface area (Å²) in [5.41, 5.74) is 6.63. The molecule has 3 rings (SSSR count). The van der Waals surface area contributed by atoms with Crippen LogP contribution in [0.4, 0.5) is 0 Å². The first-order valence-electron chi connectivity index (χ1n) is 11.9. The average molecular weight is 441 g/mol. The lowest BCUT2D eigenvalue weighted by Crippen LogP contribution is -2.57.